The van der Waals surface area contributed by atoms with Crippen molar-refractivity contribution in [3.63, 3.8) is 0 Å². The highest BCUT2D eigenvalue weighted by atomic mass is 35.5. The zero-order valence-electron chi connectivity index (χ0n) is 8.65. The second kappa shape index (κ2) is 3.94. The van der Waals surface area contributed by atoms with E-state index in [0.29, 0.717) is 0 Å². The van der Waals surface area contributed by atoms with Crippen molar-refractivity contribution in [1.82, 2.24) is 9.97 Å². The van der Waals surface area contributed by atoms with Gasteiger partial charge in [-0.25, -0.2) is 18.4 Å². The van der Waals surface area contributed by atoms with Crippen molar-refractivity contribution in [2.24, 2.45) is 0 Å². The second-order valence-corrected chi connectivity index (χ2v) is 6.77. The van der Waals surface area contributed by atoms with Crippen LogP contribution in [0.25, 0.3) is 0 Å². The molecular formula is C8H12ClN3O2S. The van der Waals surface area contributed by atoms with E-state index in [1.165, 1.54) is 12.4 Å². The Bertz CT molecular complexity index is 453. The van der Waals surface area contributed by atoms with Gasteiger partial charge in [-0.3, -0.25) is 4.72 Å². The van der Waals surface area contributed by atoms with Crippen LogP contribution in [0.15, 0.2) is 12.4 Å². The molecule has 1 aromatic rings. The first kappa shape index (κ1) is 12.2. The van der Waals surface area contributed by atoms with Crippen LogP contribution in [0.3, 0.4) is 0 Å². The van der Waals surface area contributed by atoms with Crippen molar-refractivity contribution in [2.45, 2.75) is 25.5 Å². The van der Waals surface area contributed by atoms with Gasteiger partial charge in [-0.2, -0.15) is 0 Å². The Labute approximate surface area is 93.9 Å². The van der Waals surface area contributed by atoms with Gasteiger partial charge in [0.1, 0.15) is 17.3 Å². The number of nitrogens with zero attached hydrogens (tertiary/aromatic N) is 2. The lowest BCUT2D eigenvalue weighted by atomic mass is 10.3. The Kier molecular flexibility index (Phi) is 3.20. The number of sulfonamides is 1. The van der Waals surface area contributed by atoms with Crippen molar-refractivity contribution in [3.8, 4) is 0 Å². The lowest BCUT2D eigenvalue weighted by molar-refractivity contribution is 0.566. The van der Waals surface area contributed by atoms with Gasteiger partial charge in [-0.05, 0) is 20.8 Å². The first-order valence-corrected chi connectivity index (χ1v) is 6.08. The van der Waals surface area contributed by atoms with Crippen molar-refractivity contribution in [1.29, 1.82) is 0 Å². The highest BCUT2D eigenvalue weighted by Crippen LogP contribution is 2.18. The predicted molar refractivity (Wildman–Crippen MR) is 59.3 cm³/mol. The molecule has 0 atom stereocenters. The Balaban J connectivity index is 2.98. The molecule has 0 bridgehead atoms. The van der Waals surface area contributed by atoms with Gasteiger partial charge in [0.05, 0.1) is 4.75 Å². The average molecular weight is 250 g/mol. The molecule has 0 saturated heterocycles. The van der Waals surface area contributed by atoms with E-state index in [1.54, 1.807) is 20.8 Å². The van der Waals surface area contributed by atoms with Gasteiger partial charge >= 0.3 is 0 Å². The van der Waals surface area contributed by atoms with Gasteiger partial charge in [0, 0.05) is 6.07 Å². The average Bonchev–Trinajstić information content (AvgIpc) is 2.00. The fourth-order valence-corrected chi connectivity index (χ4v) is 1.52. The molecule has 0 fully saturated rings. The standard InChI is InChI=1S/C8H12ClN3O2S/c1-8(2,3)15(13,14)12-7-4-6(9)10-5-11-7/h4-5H,1-3H3,(H,10,11,12). The van der Waals surface area contributed by atoms with Crippen molar-refractivity contribution in [2.75, 3.05) is 4.72 Å². The van der Waals surface area contributed by atoms with E-state index >= 15 is 0 Å². The Hall–Kier alpha value is -0.880. The van der Waals surface area contributed by atoms with Crippen LogP contribution in [-0.2, 0) is 10.0 Å². The first-order chi connectivity index (χ1) is 6.72. The second-order valence-electron chi connectivity index (χ2n) is 3.94. The maximum Gasteiger partial charge on any atom is 0.238 e. The molecule has 15 heavy (non-hydrogen) atoms. The fourth-order valence-electron chi connectivity index (χ4n) is 0.680. The third-order valence-corrected chi connectivity index (χ3v) is 3.98. The number of anilines is 1. The van der Waals surface area contributed by atoms with Gasteiger partial charge in [-0.1, -0.05) is 11.6 Å². The van der Waals surface area contributed by atoms with Gasteiger partial charge in [0.15, 0.2) is 0 Å². The molecule has 7 heteroatoms. The molecule has 0 aliphatic heterocycles. The zero-order valence-corrected chi connectivity index (χ0v) is 10.2. The van der Waals surface area contributed by atoms with E-state index in [0.717, 1.165) is 0 Å². The van der Waals surface area contributed by atoms with E-state index in [1.807, 2.05) is 0 Å². The SMILES string of the molecule is CC(C)(C)S(=O)(=O)Nc1cc(Cl)ncn1. The van der Waals surface area contributed by atoms with E-state index in [9.17, 15) is 8.42 Å². The Morgan fingerprint density at radius 1 is 1.33 bits per heavy atom. The van der Waals surface area contributed by atoms with Crippen molar-refractivity contribution < 1.29 is 8.42 Å². The molecule has 1 N–H and O–H groups in total. The summed E-state index contributed by atoms with van der Waals surface area (Å²) in [4.78, 5) is 7.40. The van der Waals surface area contributed by atoms with Crippen LogP contribution in [-0.4, -0.2) is 23.1 Å². The molecule has 5 nitrogen and oxygen atoms in total. The summed E-state index contributed by atoms with van der Waals surface area (Å²) in [5, 5.41) is 0.191. The fraction of sp³-hybridized carbons (Fsp3) is 0.500. The maximum atomic E-state index is 11.7. The Morgan fingerprint density at radius 3 is 2.40 bits per heavy atom. The summed E-state index contributed by atoms with van der Waals surface area (Å²) in [6.45, 7) is 4.79. The van der Waals surface area contributed by atoms with Crippen LogP contribution in [0.2, 0.25) is 5.15 Å². The lowest BCUT2D eigenvalue weighted by Gasteiger charge is -2.19. The molecule has 0 unspecified atom stereocenters. The third kappa shape index (κ3) is 3.04. The normalized spacial score (nSPS) is 12.5. The summed E-state index contributed by atoms with van der Waals surface area (Å²) in [5.74, 6) is 0.171. The van der Waals surface area contributed by atoms with Crippen molar-refractivity contribution >= 4 is 27.4 Å². The van der Waals surface area contributed by atoms with Crippen molar-refractivity contribution in [3.05, 3.63) is 17.5 Å². The van der Waals surface area contributed by atoms with Crippen LogP contribution in [0, 0.1) is 0 Å². The predicted octanol–water partition coefficient (Wildman–Crippen LogP) is 1.67. The summed E-state index contributed by atoms with van der Waals surface area (Å²) in [7, 11) is -3.47. The number of hydrogen-bond acceptors (Lipinski definition) is 4. The molecule has 0 saturated carbocycles. The van der Waals surface area contributed by atoms with E-state index in [-0.39, 0.29) is 11.0 Å². The minimum absolute atomic E-state index is 0.171. The molecule has 0 aliphatic rings. The summed E-state index contributed by atoms with van der Waals surface area (Å²) >= 11 is 5.60. The summed E-state index contributed by atoms with van der Waals surface area (Å²) < 4.78 is 24.9. The van der Waals surface area contributed by atoms with Gasteiger partial charge in [0.25, 0.3) is 0 Å². The molecule has 1 aromatic heterocycles. The third-order valence-electron chi connectivity index (χ3n) is 1.68. The smallest absolute Gasteiger partial charge is 0.238 e. The summed E-state index contributed by atoms with van der Waals surface area (Å²) in [6.07, 6.45) is 1.20. The topological polar surface area (TPSA) is 72.0 Å². The molecule has 0 radical (unpaired) electrons. The highest BCUT2D eigenvalue weighted by molar-refractivity contribution is 7.94. The zero-order chi connectivity index (χ0) is 11.7. The maximum absolute atomic E-state index is 11.7. The minimum atomic E-state index is -3.47. The molecule has 0 aromatic carbocycles. The molecule has 1 heterocycles. The van der Waals surface area contributed by atoms with Crippen LogP contribution in [0.4, 0.5) is 5.82 Å². The van der Waals surface area contributed by atoms with E-state index in [2.05, 4.69) is 14.7 Å². The largest absolute Gasteiger partial charge is 0.267 e. The van der Waals surface area contributed by atoms with Gasteiger partial charge < -0.3 is 0 Å². The molecule has 84 valence electrons. The number of aromatic nitrogens is 2. The summed E-state index contributed by atoms with van der Waals surface area (Å²) in [6, 6.07) is 1.35. The minimum Gasteiger partial charge on any atom is -0.267 e. The highest BCUT2D eigenvalue weighted by Gasteiger charge is 2.29. The number of nitrogens with one attached hydrogen (secondary N) is 1. The van der Waals surface area contributed by atoms with Gasteiger partial charge in [-0.15, -0.1) is 0 Å². The van der Waals surface area contributed by atoms with E-state index in [4.69, 9.17) is 11.6 Å². The summed E-state index contributed by atoms with van der Waals surface area (Å²) in [5.41, 5.74) is 0. The molecule has 0 aliphatic carbocycles. The number of rotatable bonds is 2. The molecule has 0 amide bonds. The molecule has 0 spiro atoms. The van der Waals surface area contributed by atoms with Gasteiger partial charge in [0.2, 0.25) is 10.0 Å². The Morgan fingerprint density at radius 2 is 1.93 bits per heavy atom. The first-order valence-electron chi connectivity index (χ1n) is 4.22. The van der Waals surface area contributed by atoms with Crippen LogP contribution in [0.5, 0.6) is 0 Å². The van der Waals surface area contributed by atoms with Crippen LogP contribution in [0.1, 0.15) is 20.8 Å². The van der Waals surface area contributed by atoms with Crippen LogP contribution < -0.4 is 4.72 Å². The quantitative estimate of drug-likeness (QED) is 0.810. The number of halogens is 1. The number of hydrogen-bond donors (Lipinski definition) is 1. The molecule has 1 rings (SSSR count). The van der Waals surface area contributed by atoms with E-state index < -0.39 is 14.8 Å². The monoisotopic (exact) mass is 249 g/mol. The molecular weight excluding hydrogens is 238 g/mol. The van der Waals surface area contributed by atoms with Crippen LogP contribution >= 0.6 is 11.6 Å². The lowest BCUT2D eigenvalue weighted by Crippen LogP contribution is -2.33.